The quantitative estimate of drug-likeness (QED) is 0.812. The summed E-state index contributed by atoms with van der Waals surface area (Å²) in [6.45, 7) is 0. The fourth-order valence-electron chi connectivity index (χ4n) is 2.41. The summed E-state index contributed by atoms with van der Waals surface area (Å²) in [5.41, 5.74) is 0.101. The van der Waals surface area contributed by atoms with E-state index in [0.29, 0.717) is 35.0 Å². The number of carbonyl (C=O) groups is 2. The van der Waals surface area contributed by atoms with Crippen molar-refractivity contribution in [2.24, 2.45) is 5.41 Å². The number of nitrogens with one attached hydrogen (secondary N) is 2. The van der Waals surface area contributed by atoms with E-state index in [1.165, 1.54) is 0 Å². The third-order valence-electron chi connectivity index (χ3n) is 4.09. The number of hydrogen-bond acceptors (Lipinski definition) is 3. The molecule has 5 nitrogen and oxygen atoms in total. The van der Waals surface area contributed by atoms with Crippen molar-refractivity contribution in [2.75, 3.05) is 17.7 Å². The molecule has 0 aliphatic heterocycles. The molecular weight excluding hydrogens is 328 g/mol. The highest BCUT2D eigenvalue weighted by molar-refractivity contribution is 6.34. The van der Waals surface area contributed by atoms with Gasteiger partial charge in [-0.3, -0.25) is 9.59 Å². The van der Waals surface area contributed by atoms with Crippen LogP contribution < -0.4 is 15.4 Å². The second kappa shape index (κ2) is 6.53. The molecule has 1 fully saturated rings. The maximum absolute atomic E-state index is 12.5. The van der Waals surface area contributed by atoms with Gasteiger partial charge in [0.15, 0.2) is 0 Å². The Morgan fingerprint density at radius 2 is 1.62 bits per heavy atom. The first-order chi connectivity index (χ1) is 11.5. The van der Waals surface area contributed by atoms with Gasteiger partial charge in [0, 0.05) is 5.69 Å². The Morgan fingerprint density at radius 1 is 1.00 bits per heavy atom. The van der Waals surface area contributed by atoms with Crippen molar-refractivity contribution < 1.29 is 14.3 Å². The largest absolute Gasteiger partial charge is 0.497 e. The number of methoxy groups -OCH3 is 1. The van der Waals surface area contributed by atoms with Crippen LogP contribution in [-0.2, 0) is 9.59 Å². The number of carbonyl (C=O) groups excluding carboxylic acids is 2. The summed E-state index contributed by atoms with van der Waals surface area (Å²) in [6.07, 6.45) is 1.04. The molecule has 0 aromatic heterocycles. The summed E-state index contributed by atoms with van der Waals surface area (Å²) in [7, 11) is 1.58. The molecule has 1 aliphatic carbocycles. The van der Waals surface area contributed by atoms with E-state index in [1.54, 1.807) is 55.6 Å². The number of halogens is 1. The van der Waals surface area contributed by atoms with Gasteiger partial charge in [-0.15, -0.1) is 0 Å². The second-order valence-corrected chi connectivity index (χ2v) is 6.11. The van der Waals surface area contributed by atoms with Gasteiger partial charge in [0.05, 0.1) is 17.8 Å². The average molecular weight is 345 g/mol. The molecule has 0 bridgehead atoms. The van der Waals surface area contributed by atoms with E-state index in [0.717, 1.165) is 0 Å². The van der Waals surface area contributed by atoms with Crippen LogP contribution in [0.25, 0.3) is 0 Å². The molecule has 1 saturated carbocycles. The van der Waals surface area contributed by atoms with Crippen LogP contribution in [-0.4, -0.2) is 18.9 Å². The molecule has 0 atom stereocenters. The normalized spacial score (nSPS) is 14.6. The van der Waals surface area contributed by atoms with Gasteiger partial charge in [0.25, 0.3) is 0 Å². The summed E-state index contributed by atoms with van der Waals surface area (Å²) < 4.78 is 5.08. The van der Waals surface area contributed by atoms with E-state index in [2.05, 4.69) is 10.6 Å². The number of para-hydroxylation sites is 1. The molecule has 6 heteroatoms. The van der Waals surface area contributed by atoms with Crippen LogP contribution >= 0.6 is 11.6 Å². The standard InChI is InChI=1S/C18H17ClN2O3/c1-24-13-8-6-12(7-9-13)20-16(22)18(10-11-18)17(23)21-15-5-3-2-4-14(15)19/h2-9H,10-11H2,1H3,(H,20,22)(H,21,23). The Kier molecular flexibility index (Phi) is 4.44. The van der Waals surface area contributed by atoms with Crippen LogP contribution in [0.15, 0.2) is 48.5 Å². The minimum Gasteiger partial charge on any atom is -0.497 e. The molecule has 124 valence electrons. The van der Waals surface area contributed by atoms with E-state index >= 15 is 0 Å². The zero-order valence-electron chi connectivity index (χ0n) is 13.1. The van der Waals surface area contributed by atoms with E-state index in [4.69, 9.17) is 16.3 Å². The van der Waals surface area contributed by atoms with E-state index in [9.17, 15) is 9.59 Å². The van der Waals surface area contributed by atoms with Gasteiger partial charge in [0.1, 0.15) is 11.2 Å². The third-order valence-corrected chi connectivity index (χ3v) is 4.42. The lowest BCUT2D eigenvalue weighted by Crippen LogP contribution is -2.35. The first-order valence-electron chi connectivity index (χ1n) is 7.57. The van der Waals surface area contributed by atoms with Crippen LogP contribution in [0, 0.1) is 5.41 Å². The summed E-state index contributed by atoms with van der Waals surface area (Å²) in [5, 5.41) is 5.98. The Balaban J connectivity index is 1.69. The average Bonchev–Trinajstić information content (AvgIpc) is 3.39. The Bertz CT molecular complexity index is 770. The maximum atomic E-state index is 12.5. The van der Waals surface area contributed by atoms with Crippen LogP contribution in [0.2, 0.25) is 5.02 Å². The van der Waals surface area contributed by atoms with E-state index in [1.807, 2.05) is 0 Å². The molecular formula is C18H17ClN2O3. The Morgan fingerprint density at radius 3 is 2.21 bits per heavy atom. The van der Waals surface area contributed by atoms with Crippen molar-refractivity contribution in [3.05, 3.63) is 53.6 Å². The molecule has 3 rings (SSSR count). The first kappa shape index (κ1) is 16.3. The van der Waals surface area contributed by atoms with Crippen molar-refractivity contribution in [3.8, 4) is 5.75 Å². The lowest BCUT2D eigenvalue weighted by molar-refractivity contribution is -0.131. The van der Waals surface area contributed by atoms with E-state index in [-0.39, 0.29) is 11.8 Å². The lowest BCUT2D eigenvalue weighted by Gasteiger charge is -2.16. The predicted octanol–water partition coefficient (Wildman–Crippen LogP) is 3.71. The Hall–Kier alpha value is -2.53. The molecule has 0 saturated heterocycles. The van der Waals surface area contributed by atoms with Gasteiger partial charge in [-0.25, -0.2) is 0 Å². The molecule has 1 aliphatic rings. The van der Waals surface area contributed by atoms with Crippen molar-refractivity contribution in [1.29, 1.82) is 0 Å². The van der Waals surface area contributed by atoms with Crippen molar-refractivity contribution in [1.82, 2.24) is 0 Å². The van der Waals surface area contributed by atoms with Gasteiger partial charge >= 0.3 is 0 Å². The van der Waals surface area contributed by atoms with Crippen LogP contribution in [0.5, 0.6) is 5.75 Å². The molecule has 0 heterocycles. The molecule has 0 spiro atoms. The minimum absolute atomic E-state index is 0.308. The topological polar surface area (TPSA) is 67.4 Å². The number of ether oxygens (including phenoxy) is 1. The number of benzene rings is 2. The van der Waals surface area contributed by atoms with Crippen LogP contribution in [0.4, 0.5) is 11.4 Å². The zero-order valence-corrected chi connectivity index (χ0v) is 13.9. The van der Waals surface area contributed by atoms with Crippen LogP contribution in [0.3, 0.4) is 0 Å². The van der Waals surface area contributed by atoms with Crippen molar-refractivity contribution >= 4 is 34.8 Å². The van der Waals surface area contributed by atoms with Crippen LogP contribution in [0.1, 0.15) is 12.8 Å². The van der Waals surface area contributed by atoms with Crippen molar-refractivity contribution in [2.45, 2.75) is 12.8 Å². The van der Waals surface area contributed by atoms with Gasteiger partial charge in [-0.2, -0.15) is 0 Å². The first-order valence-corrected chi connectivity index (χ1v) is 7.94. The molecule has 0 unspecified atom stereocenters. The monoisotopic (exact) mass is 344 g/mol. The molecule has 2 N–H and O–H groups in total. The summed E-state index contributed by atoms with van der Waals surface area (Å²) in [5.74, 6) is 0.0597. The number of hydrogen-bond donors (Lipinski definition) is 2. The molecule has 2 aromatic rings. The van der Waals surface area contributed by atoms with Gasteiger partial charge < -0.3 is 15.4 Å². The molecule has 2 aromatic carbocycles. The third kappa shape index (κ3) is 3.21. The Labute approximate surface area is 145 Å². The van der Waals surface area contributed by atoms with Gasteiger partial charge in [-0.1, -0.05) is 23.7 Å². The molecule has 0 radical (unpaired) electrons. The molecule has 2 amide bonds. The fraction of sp³-hybridized carbons (Fsp3) is 0.222. The highest BCUT2D eigenvalue weighted by Crippen LogP contribution is 2.47. The summed E-state index contributed by atoms with van der Waals surface area (Å²) >= 11 is 6.05. The zero-order chi connectivity index (χ0) is 17.2. The van der Waals surface area contributed by atoms with E-state index < -0.39 is 5.41 Å². The number of rotatable bonds is 5. The lowest BCUT2D eigenvalue weighted by atomic mass is 10.0. The predicted molar refractivity (Wildman–Crippen MR) is 93.4 cm³/mol. The highest BCUT2D eigenvalue weighted by atomic mass is 35.5. The second-order valence-electron chi connectivity index (χ2n) is 5.70. The van der Waals surface area contributed by atoms with Gasteiger partial charge in [-0.05, 0) is 49.2 Å². The fourth-order valence-corrected chi connectivity index (χ4v) is 2.59. The summed E-state index contributed by atoms with van der Waals surface area (Å²) in [6, 6.07) is 13.9. The smallest absolute Gasteiger partial charge is 0.240 e. The summed E-state index contributed by atoms with van der Waals surface area (Å²) in [4.78, 5) is 25.1. The van der Waals surface area contributed by atoms with Crippen molar-refractivity contribution in [3.63, 3.8) is 0 Å². The van der Waals surface area contributed by atoms with Gasteiger partial charge in [0.2, 0.25) is 11.8 Å². The number of amides is 2. The minimum atomic E-state index is -1.03. The number of anilines is 2. The SMILES string of the molecule is COc1ccc(NC(=O)C2(C(=O)Nc3ccccc3Cl)CC2)cc1. The highest BCUT2D eigenvalue weighted by Gasteiger charge is 2.56. The maximum Gasteiger partial charge on any atom is 0.240 e. The molecule has 24 heavy (non-hydrogen) atoms.